The molecule has 0 bridgehead atoms. The standard InChI is InChI=1S/C26H27N7O4/c1-25(2,3)37-24(36)33-14-26(15-33)12-32(13-26)20-7-6-18-19(31-20)11-29-21(22(18)34)23(35)30-10-16-4-5-17(8-27)28-9-16/h4-7,9,11,34H,10,12-15H2,1-3H3,(H,30,35). The molecule has 1 spiro atoms. The first-order valence-electron chi connectivity index (χ1n) is 11.9. The number of fused-ring (bicyclic) bond motifs is 1. The van der Waals surface area contributed by atoms with Crippen LogP contribution in [0.1, 0.15) is 42.5 Å². The number of anilines is 1. The maximum absolute atomic E-state index is 12.6. The fourth-order valence-corrected chi connectivity index (χ4v) is 4.63. The monoisotopic (exact) mass is 501 g/mol. The molecule has 0 saturated carbocycles. The van der Waals surface area contributed by atoms with Gasteiger partial charge in [-0.1, -0.05) is 6.07 Å². The SMILES string of the molecule is CC(C)(C)OC(=O)N1CC2(C1)CN(c1ccc3c(O)c(C(=O)NCc4ccc(C#N)nc4)ncc3n1)C2. The number of pyridine rings is 3. The Morgan fingerprint density at radius 1 is 1.14 bits per heavy atom. The molecule has 2 amide bonds. The Hall–Kier alpha value is -4.46. The topological polar surface area (TPSA) is 145 Å². The fourth-order valence-electron chi connectivity index (χ4n) is 4.63. The highest BCUT2D eigenvalue weighted by Crippen LogP contribution is 2.42. The van der Waals surface area contributed by atoms with Crippen LogP contribution >= 0.6 is 0 Å². The van der Waals surface area contributed by atoms with Crippen molar-refractivity contribution < 1.29 is 19.4 Å². The molecule has 0 radical (unpaired) electrons. The van der Waals surface area contributed by atoms with Crippen LogP contribution in [-0.2, 0) is 11.3 Å². The molecule has 5 rings (SSSR count). The third-order valence-electron chi connectivity index (χ3n) is 6.39. The smallest absolute Gasteiger partial charge is 0.410 e. The van der Waals surface area contributed by atoms with Crippen molar-refractivity contribution in [2.24, 2.45) is 5.41 Å². The van der Waals surface area contributed by atoms with Gasteiger partial charge in [0.2, 0.25) is 0 Å². The molecule has 2 fully saturated rings. The Labute approximate surface area is 213 Å². The average Bonchev–Trinajstić information content (AvgIpc) is 2.80. The third kappa shape index (κ3) is 4.82. The van der Waals surface area contributed by atoms with E-state index in [2.05, 4.69) is 25.2 Å². The number of carbonyl (C=O) groups excluding carboxylic acids is 2. The fraction of sp³-hybridized carbons (Fsp3) is 0.385. The van der Waals surface area contributed by atoms with Gasteiger partial charge in [-0.3, -0.25) is 4.79 Å². The van der Waals surface area contributed by atoms with Gasteiger partial charge >= 0.3 is 6.09 Å². The summed E-state index contributed by atoms with van der Waals surface area (Å²) >= 11 is 0. The van der Waals surface area contributed by atoms with Crippen molar-refractivity contribution >= 4 is 28.7 Å². The van der Waals surface area contributed by atoms with E-state index in [1.807, 2.05) is 32.9 Å². The third-order valence-corrected chi connectivity index (χ3v) is 6.39. The molecule has 3 aromatic heterocycles. The van der Waals surface area contributed by atoms with Crippen LogP contribution in [0.5, 0.6) is 5.75 Å². The van der Waals surface area contributed by atoms with Gasteiger partial charge in [0, 0.05) is 49.7 Å². The summed E-state index contributed by atoms with van der Waals surface area (Å²) in [5.74, 6) is -0.0170. The average molecular weight is 502 g/mol. The molecule has 2 aliphatic rings. The predicted molar refractivity (Wildman–Crippen MR) is 134 cm³/mol. The van der Waals surface area contributed by atoms with Gasteiger partial charge in [0.15, 0.2) is 11.4 Å². The van der Waals surface area contributed by atoms with E-state index in [-0.39, 0.29) is 29.5 Å². The van der Waals surface area contributed by atoms with Gasteiger partial charge in [0.25, 0.3) is 5.91 Å². The first kappa shape index (κ1) is 24.2. The summed E-state index contributed by atoms with van der Waals surface area (Å²) in [6.07, 6.45) is 2.70. The number of rotatable bonds is 4. The number of nitriles is 1. The zero-order valence-electron chi connectivity index (χ0n) is 20.9. The Morgan fingerprint density at radius 3 is 2.54 bits per heavy atom. The van der Waals surface area contributed by atoms with Gasteiger partial charge in [-0.05, 0) is 44.5 Å². The molecular formula is C26H27N7O4. The minimum absolute atomic E-state index is 0.0559. The predicted octanol–water partition coefficient (Wildman–Crippen LogP) is 2.59. The zero-order chi connectivity index (χ0) is 26.4. The van der Waals surface area contributed by atoms with Crippen molar-refractivity contribution in [1.82, 2.24) is 25.2 Å². The minimum atomic E-state index is -0.531. The number of ether oxygens (including phenoxy) is 1. The summed E-state index contributed by atoms with van der Waals surface area (Å²) in [7, 11) is 0. The highest BCUT2D eigenvalue weighted by Gasteiger charge is 2.54. The van der Waals surface area contributed by atoms with E-state index in [1.54, 1.807) is 23.1 Å². The van der Waals surface area contributed by atoms with E-state index < -0.39 is 11.5 Å². The van der Waals surface area contributed by atoms with Gasteiger partial charge in [-0.15, -0.1) is 0 Å². The molecule has 0 aliphatic carbocycles. The summed E-state index contributed by atoms with van der Waals surface area (Å²) in [5, 5.41) is 22.7. The number of hydrogen-bond acceptors (Lipinski definition) is 9. The van der Waals surface area contributed by atoms with Gasteiger partial charge < -0.3 is 25.0 Å². The van der Waals surface area contributed by atoms with E-state index in [4.69, 9.17) is 10.00 Å². The highest BCUT2D eigenvalue weighted by atomic mass is 16.6. The normalized spacial score (nSPS) is 16.1. The molecule has 3 aromatic rings. The zero-order valence-corrected chi connectivity index (χ0v) is 20.9. The van der Waals surface area contributed by atoms with Gasteiger partial charge in [0.05, 0.1) is 11.7 Å². The summed E-state index contributed by atoms with van der Waals surface area (Å²) in [6.45, 7) is 8.60. The lowest BCUT2D eigenvalue weighted by atomic mass is 9.73. The summed E-state index contributed by atoms with van der Waals surface area (Å²) in [4.78, 5) is 41.4. The molecule has 2 saturated heterocycles. The number of amides is 2. The van der Waals surface area contributed by atoms with Crippen molar-refractivity contribution in [2.45, 2.75) is 32.9 Å². The van der Waals surface area contributed by atoms with Crippen molar-refractivity contribution in [3.63, 3.8) is 0 Å². The molecule has 0 unspecified atom stereocenters. The van der Waals surface area contributed by atoms with Crippen LogP contribution in [0.2, 0.25) is 0 Å². The van der Waals surface area contributed by atoms with Crippen LogP contribution in [0, 0.1) is 16.7 Å². The minimum Gasteiger partial charge on any atom is -0.505 e. The number of nitrogens with one attached hydrogen (secondary N) is 1. The van der Waals surface area contributed by atoms with Gasteiger partial charge in [-0.25, -0.2) is 19.7 Å². The molecule has 11 heteroatoms. The first-order valence-corrected chi connectivity index (χ1v) is 11.9. The second-order valence-corrected chi connectivity index (χ2v) is 10.6. The lowest BCUT2D eigenvalue weighted by molar-refractivity contribution is -0.0454. The molecule has 37 heavy (non-hydrogen) atoms. The van der Waals surface area contributed by atoms with Gasteiger partial charge in [0.1, 0.15) is 23.2 Å². The van der Waals surface area contributed by atoms with E-state index >= 15 is 0 Å². The number of carbonyl (C=O) groups is 2. The van der Waals surface area contributed by atoms with E-state index in [1.165, 1.54) is 12.4 Å². The number of aromatic nitrogens is 3. The van der Waals surface area contributed by atoms with Gasteiger partial charge in [-0.2, -0.15) is 5.26 Å². The maximum Gasteiger partial charge on any atom is 0.410 e. The van der Waals surface area contributed by atoms with Crippen molar-refractivity contribution in [3.8, 4) is 11.8 Å². The van der Waals surface area contributed by atoms with E-state index in [0.29, 0.717) is 35.2 Å². The van der Waals surface area contributed by atoms with E-state index in [0.717, 1.165) is 18.9 Å². The van der Waals surface area contributed by atoms with Crippen molar-refractivity contribution in [2.75, 3.05) is 31.1 Å². The largest absolute Gasteiger partial charge is 0.505 e. The van der Waals surface area contributed by atoms with Crippen LogP contribution < -0.4 is 10.2 Å². The summed E-state index contributed by atoms with van der Waals surface area (Å²) < 4.78 is 5.44. The number of nitrogens with zero attached hydrogens (tertiary/aromatic N) is 6. The molecule has 0 atom stereocenters. The summed E-state index contributed by atoms with van der Waals surface area (Å²) in [5.41, 5.74) is 0.936. The highest BCUT2D eigenvalue weighted by molar-refractivity contribution is 6.00. The van der Waals surface area contributed by atoms with Crippen LogP contribution in [-0.4, -0.2) is 68.7 Å². The Kier molecular flexibility index (Phi) is 5.82. The van der Waals surface area contributed by atoms with Crippen LogP contribution in [0.25, 0.3) is 10.9 Å². The Morgan fingerprint density at radius 2 is 1.89 bits per heavy atom. The number of likely N-dealkylation sites (tertiary alicyclic amines) is 1. The summed E-state index contributed by atoms with van der Waals surface area (Å²) in [6, 6.07) is 8.75. The lowest BCUT2D eigenvalue weighted by Crippen LogP contribution is -2.73. The molecule has 190 valence electrons. The molecule has 0 aromatic carbocycles. The molecule has 5 heterocycles. The molecule has 2 N–H and O–H groups in total. The first-order chi connectivity index (χ1) is 17.6. The van der Waals surface area contributed by atoms with Crippen LogP contribution in [0.15, 0.2) is 36.7 Å². The van der Waals surface area contributed by atoms with E-state index in [9.17, 15) is 14.7 Å². The van der Waals surface area contributed by atoms with Crippen molar-refractivity contribution in [3.05, 3.63) is 53.6 Å². The van der Waals surface area contributed by atoms with Crippen LogP contribution in [0.3, 0.4) is 0 Å². The number of hydrogen-bond donors (Lipinski definition) is 2. The Balaban J connectivity index is 1.20. The van der Waals surface area contributed by atoms with Crippen molar-refractivity contribution in [1.29, 1.82) is 5.26 Å². The Bertz CT molecular complexity index is 1410. The quantitative estimate of drug-likeness (QED) is 0.551. The lowest BCUT2D eigenvalue weighted by Gasteiger charge is -2.60. The second kappa shape index (κ2) is 8.89. The second-order valence-electron chi connectivity index (χ2n) is 10.6. The molecular weight excluding hydrogens is 474 g/mol. The maximum atomic E-state index is 12.6. The number of aromatic hydroxyl groups is 1. The molecule has 11 nitrogen and oxygen atoms in total. The van der Waals surface area contributed by atoms with Crippen LogP contribution in [0.4, 0.5) is 10.6 Å². The molecule has 2 aliphatic heterocycles.